The van der Waals surface area contributed by atoms with Crippen LogP contribution in [-0.4, -0.2) is 35.4 Å². The molecule has 0 saturated carbocycles. The molecule has 2 aliphatic rings. The Bertz CT molecular complexity index is 526. The molecule has 0 spiro atoms. The molecule has 0 unspecified atom stereocenters. The van der Waals surface area contributed by atoms with E-state index in [1.54, 1.807) is 4.90 Å². The third-order valence-electron chi connectivity index (χ3n) is 4.01. The Hall–Kier alpha value is -1.81. The van der Waals surface area contributed by atoms with Crippen molar-refractivity contribution in [3.8, 4) is 0 Å². The van der Waals surface area contributed by atoms with Gasteiger partial charge in [0, 0.05) is 12.5 Å². The summed E-state index contributed by atoms with van der Waals surface area (Å²) in [7, 11) is 1.38. The third kappa shape index (κ3) is 1.92. The van der Waals surface area contributed by atoms with Crippen LogP contribution >= 0.6 is 0 Å². The van der Waals surface area contributed by atoms with E-state index in [4.69, 9.17) is 4.74 Å². The highest BCUT2D eigenvalue weighted by Crippen LogP contribution is 2.39. The van der Waals surface area contributed by atoms with Gasteiger partial charge in [-0.05, 0) is 17.5 Å². The van der Waals surface area contributed by atoms with Crippen LogP contribution in [0.5, 0.6) is 0 Å². The Morgan fingerprint density at radius 1 is 1.42 bits per heavy atom. The van der Waals surface area contributed by atoms with Crippen molar-refractivity contribution in [2.24, 2.45) is 0 Å². The highest BCUT2D eigenvalue weighted by Gasteiger charge is 2.42. The van der Waals surface area contributed by atoms with Gasteiger partial charge in [-0.25, -0.2) is 4.79 Å². The number of carbonyl (C=O) groups is 1. The van der Waals surface area contributed by atoms with E-state index in [1.165, 1.54) is 12.7 Å². The topological polar surface area (TPSA) is 49.8 Å². The molecule has 1 aliphatic carbocycles. The molecule has 1 aliphatic heterocycles. The summed E-state index contributed by atoms with van der Waals surface area (Å²) in [6.45, 7) is 0.495. The number of hydrogen-bond donors (Lipinski definition) is 1. The molecule has 0 aromatic heterocycles. The maximum Gasteiger partial charge on any atom is 0.410 e. The number of amides is 1. The monoisotopic (exact) mass is 259 g/mol. The average molecular weight is 259 g/mol. The Labute approximate surface area is 112 Å². The van der Waals surface area contributed by atoms with E-state index in [1.807, 2.05) is 24.3 Å². The summed E-state index contributed by atoms with van der Waals surface area (Å²) < 4.78 is 4.85. The number of rotatable bonds is 0. The molecule has 1 aromatic rings. The molecule has 3 rings (SSSR count). The zero-order valence-electron chi connectivity index (χ0n) is 10.8. The van der Waals surface area contributed by atoms with Crippen LogP contribution in [0.2, 0.25) is 0 Å². The van der Waals surface area contributed by atoms with E-state index >= 15 is 0 Å². The van der Waals surface area contributed by atoms with Gasteiger partial charge in [0.25, 0.3) is 0 Å². The predicted molar refractivity (Wildman–Crippen MR) is 70.7 cm³/mol. The molecule has 1 aromatic carbocycles. The summed E-state index contributed by atoms with van der Waals surface area (Å²) in [6, 6.07) is 7.84. The predicted octanol–water partition coefficient (Wildman–Crippen LogP) is 2.04. The Kier molecular flexibility index (Phi) is 3.03. The fraction of sp³-hybridized carbons (Fsp3) is 0.400. The fourth-order valence-corrected chi connectivity index (χ4v) is 3.14. The molecule has 19 heavy (non-hydrogen) atoms. The molecule has 4 nitrogen and oxygen atoms in total. The van der Waals surface area contributed by atoms with Crippen LogP contribution in [0.1, 0.15) is 23.5 Å². The summed E-state index contributed by atoms with van der Waals surface area (Å²) in [5.74, 6) is 0.0489. The summed E-state index contributed by atoms with van der Waals surface area (Å²) in [5, 5.41) is 10.2. The molecule has 0 radical (unpaired) electrons. The average Bonchev–Trinajstić information content (AvgIpc) is 2.46. The first kappa shape index (κ1) is 12.2. The Balaban J connectivity index is 2.07. The van der Waals surface area contributed by atoms with Gasteiger partial charge in [-0.15, -0.1) is 0 Å². The normalized spacial score (nSPS) is 28.5. The van der Waals surface area contributed by atoms with Crippen molar-refractivity contribution >= 4 is 6.09 Å². The van der Waals surface area contributed by atoms with Crippen LogP contribution in [0, 0.1) is 0 Å². The van der Waals surface area contributed by atoms with Crippen molar-refractivity contribution in [2.45, 2.75) is 31.0 Å². The van der Waals surface area contributed by atoms with Gasteiger partial charge in [0.05, 0.1) is 19.3 Å². The van der Waals surface area contributed by atoms with Crippen molar-refractivity contribution < 1.29 is 14.6 Å². The Morgan fingerprint density at radius 3 is 3.00 bits per heavy atom. The molecule has 0 saturated heterocycles. The van der Waals surface area contributed by atoms with Crippen molar-refractivity contribution in [1.82, 2.24) is 4.90 Å². The number of fused-ring (bicyclic) bond motifs is 3. The maximum atomic E-state index is 11.9. The standard InChI is InChI=1S/C15H17NO3/c1-19-15(18)16-9-10-5-2-3-6-11(10)12-7-4-8-13(17)14(12)16/h2-7,12-14,17H,8-9H2,1H3/t12-,13+,14+/m0/s1. The van der Waals surface area contributed by atoms with E-state index < -0.39 is 6.10 Å². The summed E-state index contributed by atoms with van der Waals surface area (Å²) >= 11 is 0. The molecule has 1 heterocycles. The lowest BCUT2D eigenvalue weighted by molar-refractivity contribution is 0.0226. The van der Waals surface area contributed by atoms with Crippen LogP contribution in [-0.2, 0) is 11.3 Å². The number of ether oxygens (including phenoxy) is 1. The highest BCUT2D eigenvalue weighted by molar-refractivity contribution is 5.69. The lowest BCUT2D eigenvalue weighted by atomic mass is 9.77. The van der Waals surface area contributed by atoms with Gasteiger partial charge in [-0.3, -0.25) is 4.90 Å². The molecule has 0 bridgehead atoms. The molecule has 0 fully saturated rings. The van der Waals surface area contributed by atoms with E-state index in [-0.39, 0.29) is 18.1 Å². The third-order valence-corrected chi connectivity index (χ3v) is 4.01. The first-order chi connectivity index (χ1) is 9.22. The molecular formula is C15H17NO3. The van der Waals surface area contributed by atoms with Gasteiger partial charge in [0.15, 0.2) is 0 Å². The lowest BCUT2D eigenvalue weighted by Crippen LogP contribution is -2.53. The van der Waals surface area contributed by atoms with E-state index in [9.17, 15) is 9.90 Å². The van der Waals surface area contributed by atoms with Crippen LogP contribution in [0.3, 0.4) is 0 Å². The number of methoxy groups -OCH3 is 1. The van der Waals surface area contributed by atoms with Crippen molar-refractivity contribution in [2.75, 3.05) is 7.11 Å². The van der Waals surface area contributed by atoms with E-state index in [0.29, 0.717) is 13.0 Å². The van der Waals surface area contributed by atoms with Crippen LogP contribution in [0.15, 0.2) is 36.4 Å². The van der Waals surface area contributed by atoms with Gasteiger partial charge in [0.2, 0.25) is 0 Å². The molecule has 4 heteroatoms. The van der Waals surface area contributed by atoms with Gasteiger partial charge < -0.3 is 9.84 Å². The SMILES string of the molecule is COC(=O)N1Cc2ccccc2[C@@H]2C=CC[C@@H](O)[C@@H]21. The van der Waals surface area contributed by atoms with E-state index in [2.05, 4.69) is 12.1 Å². The number of carbonyl (C=O) groups excluding carboxylic acids is 1. The highest BCUT2D eigenvalue weighted by atomic mass is 16.5. The minimum Gasteiger partial charge on any atom is -0.453 e. The number of benzene rings is 1. The number of hydrogen-bond acceptors (Lipinski definition) is 3. The second-order valence-electron chi connectivity index (χ2n) is 5.04. The quantitative estimate of drug-likeness (QED) is 0.725. The largest absolute Gasteiger partial charge is 0.453 e. The Morgan fingerprint density at radius 2 is 2.21 bits per heavy atom. The zero-order valence-corrected chi connectivity index (χ0v) is 10.8. The van der Waals surface area contributed by atoms with Crippen LogP contribution in [0.4, 0.5) is 4.79 Å². The van der Waals surface area contributed by atoms with Crippen molar-refractivity contribution in [1.29, 1.82) is 0 Å². The second-order valence-corrected chi connectivity index (χ2v) is 5.04. The molecular weight excluding hydrogens is 242 g/mol. The molecule has 1 N–H and O–H groups in total. The van der Waals surface area contributed by atoms with Gasteiger partial charge in [-0.1, -0.05) is 36.4 Å². The smallest absolute Gasteiger partial charge is 0.410 e. The van der Waals surface area contributed by atoms with Gasteiger partial charge >= 0.3 is 6.09 Å². The first-order valence-corrected chi connectivity index (χ1v) is 6.49. The molecule has 100 valence electrons. The summed E-state index contributed by atoms with van der Waals surface area (Å²) in [4.78, 5) is 13.6. The number of aliphatic hydroxyl groups excluding tert-OH is 1. The van der Waals surface area contributed by atoms with Crippen LogP contribution in [0.25, 0.3) is 0 Å². The van der Waals surface area contributed by atoms with Gasteiger partial charge in [0.1, 0.15) is 0 Å². The minimum atomic E-state index is -0.539. The zero-order chi connectivity index (χ0) is 13.4. The lowest BCUT2D eigenvalue weighted by Gasteiger charge is -2.44. The fourth-order valence-electron chi connectivity index (χ4n) is 3.14. The summed E-state index contributed by atoms with van der Waals surface area (Å²) in [6.07, 6.45) is 3.74. The number of aliphatic hydroxyl groups is 1. The van der Waals surface area contributed by atoms with Crippen LogP contribution < -0.4 is 0 Å². The van der Waals surface area contributed by atoms with E-state index in [0.717, 1.165) is 5.56 Å². The van der Waals surface area contributed by atoms with Crippen molar-refractivity contribution in [3.63, 3.8) is 0 Å². The maximum absolute atomic E-state index is 11.9. The van der Waals surface area contributed by atoms with Crippen molar-refractivity contribution in [3.05, 3.63) is 47.5 Å². The molecule has 3 atom stereocenters. The van der Waals surface area contributed by atoms with Gasteiger partial charge in [-0.2, -0.15) is 0 Å². The molecule has 1 amide bonds. The first-order valence-electron chi connectivity index (χ1n) is 6.49. The summed E-state index contributed by atoms with van der Waals surface area (Å²) in [5.41, 5.74) is 2.32. The number of nitrogens with zero attached hydrogens (tertiary/aromatic N) is 1. The second kappa shape index (κ2) is 4.70. The minimum absolute atomic E-state index is 0.0489.